The van der Waals surface area contributed by atoms with Crippen molar-refractivity contribution >= 4 is 11.8 Å². The van der Waals surface area contributed by atoms with Gasteiger partial charge in [-0.1, -0.05) is 37.3 Å². The van der Waals surface area contributed by atoms with Gasteiger partial charge >= 0.3 is 0 Å². The zero-order valence-corrected chi connectivity index (χ0v) is 16.9. The molecule has 2 aromatic carbocycles. The molecular formula is C22H28N2O4. The van der Waals surface area contributed by atoms with Crippen molar-refractivity contribution in [3.63, 3.8) is 0 Å². The van der Waals surface area contributed by atoms with E-state index >= 15 is 0 Å². The fourth-order valence-electron chi connectivity index (χ4n) is 2.95. The second-order valence-corrected chi connectivity index (χ2v) is 6.46. The Bertz CT molecular complexity index is 789. The Morgan fingerprint density at radius 1 is 1.11 bits per heavy atom. The highest BCUT2D eigenvalue weighted by Gasteiger charge is 2.28. The smallest absolute Gasteiger partial charge is 0.261 e. The molecule has 2 rings (SSSR count). The fraction of sp³-hybridized carbons (Fsp3) is 0.364. The predicted octanol–water partition coefficient (Wildman–Crippen LogP) is 2.94. The maximum Gasteiger partial charge on any atom is 0.261 e. The quantitative estimate of drug-likeness (QED) is 0.722. The van der Waals surface area contributed by atoms with E-state index in [1.165, 1.54) is 0 Å². The lowest BCUT2D eigenvalue weighted by Gasteiger charge is -2.30. The Morgan fingerprint density at radius 3 is 2.36 bits per heavy atom. The maximum absolute atomic E-state index is 13.0. The first kappa shape index (κ1) is 21.3. The van der Waals surface area contributed by atoms with E-state index in [2.05, 4.69) is 5.32 Å². The molecule has 0 fully saturated rings. The molecule has 0 heterocycles. The maximum atomic E-state index is 13.0. The van der Waals surface area contributed by atoms with Gasteiger partial charge < -0.3 is 19.7 Å². The van der Waals surface area contributed by atoms with E-state index < -0.39 is 6.04 Å². The third-order valence-electron chi connectivity index (χ3n) is 4.59. The van der Waals surface area contributed by atoms with E-state index in [4.69, 9.17) is 9.47 Å². The molecular weight excluding hydrogens is 356 g/mol. The van der Waals surface area contributed by atoms with Gasteiger partial charge in [-0.25, -0.2) is 0 Å². The van der Waals surface area contributed by atoms with Gasteiger partial charge in [0.2, 0.25) is 5.91 Å². The van der Waals surface area contributed by atoms with E-state index in [0.29, 0.717) is 18.7 Å². The van der Waals surface area contributed by atoms with Crippen LogP contribution in [0.25, 0.3) is 0 Å². The average Bonchev–Trinajstić information content (AvgIpc) is 2.73. The van der Waals surface area contributed by atoms with Crippen LogP contribution in [-0.4, -0.2) is 43.5 Å². The summed E-state index contributed by atoms with van der Waals surface area (Å²) in [5.74, 6) is 0.964. The highest BCUT2D eigenvalue weighted by molar-refractivity contribution is 5.88. The van der Waals surface area contributed by atoms with Crippen molar-refractivity contribution in [2.75, 3.05) is 20.8 Å². The molecule has 1 atom stereocenters. The number of carbonyl (C=O) groups excluding carboxylic acids is 2. The minimum absolute atomic E-state index is 0.130. The lowest BCUT2D eigenvalue weighted by Crippen LogP contribution is -2.49. The summed E-state index contributed by atoms with van der Waals surface area (Å²) in [6, 6.07) is 14.4. The molecule has 0 aliphatic rings. The van der Waals surface area contributed by atoms with E-state index in [1.807, 2.05) is 62.4 Å². The van der Waals surface area contributed by atoms with Gasteiger partial charge in [0.25, 0.3) is 5.91 Å². The number of methoxy groups -OCH3 is 1. The minimum Gasteiger partial charge on any atom is -0.497 e. The van der Waals surface area contributed by atoms with Gasteiger partial charge in [-0.2, -0.15) is 0 Å². The van der Waals surface area contributed by atoms with E-state index in [0.717, 1.165) is 16.9 Å². The number of para-hydroxylation sites is 1. The first-order chi connectivity index (χ1) is 13.5. The third-order valence-corrected chi connectivity index (χ3v) is 4.59. The average molecular weight is 384 g/mol. The molecule has 6 heteroatoms. The topological polar surface area (TPSA) is 67.9 Å². The molecule has 0 radical (unpaired) electrons. The molecule has 2 amide bonds. The summed E-state index contributed by atoms with van der Waals surface area (Å²) < 4.78 is 10.9. The summed E-state index contributed by atoms with van der Waals surface area (Å²) in [5, 5.41) is 2.64. The zero-order chi connectivity index (χ0) is 20.5. The van der Waals surface area contributed by atoms with Crippen LogP contribution in [0.4, 0.5) is 0 Å². The van der Waals surface area contributed by atoms with Crippen LogP contribution in [-0.2, 0) is 16.1 Å². The second kappa shape index (κ2) is 10.3. The molecule has 150 valence electrons. The summed E-state index contributed by atoms with van der Waals surface area (Å²) >= 11 is 0. The summed E-state index contributed by atoms with van der Waals surface area (Å²) in [6.07, 6.45) is 0.506. The number of benzene rings is 2. The molecule has 28 heavy (non-hydrogen) atoms. The molecule has 0 aliphatic heterocycles. The predicted molar refractivity (Wildman–Crippen MR) is 108 cm³/mol. The summed E-state index contributed by atoms with van der Waals surface area (Å²) in [7, 11) is 3.18. The number of hydrogen-bond acceptors (Lipinski definition) is 4. The SMILES string of the molecule is CC[C@H](C(=O)NC)N(Cc1ccc(OC)cc1)C(=O)COc1ccccc1C. The molecule has 2 aromatic rings. The van der Waals surface area contributed by atoms with E-state index in [1.54, 1.807) is 19.1 Å². The molecule has 1 N–H and O–H groups in total. The van der Waals surface area contributed by atoms with Gasteiger partial charge in [0.15, 0.2) is 6.61 Å². The monoisotopic (exact) mass is 384 g/mol. The molecule has 0 aromatic heterocycles. The Kier molecular flexibility index (Phi) is 7.87. The molecule has 0 unspecified atom stereocenters. The molecule has 0 saturated heterocycles. The Balaban J connectivity index is 2.19. The largest absolute Gasteiger partial charge is 0.497 e. The van der Waals surface area contributed by atoms with Crippen LogP contribution in [0.3, 0.4) is 0 Å². The van der Waals surface area contributed by atoms with Crippen molar-refractivity contribution in [1.29, 1.82) is 0 Å². The lowest BCUT2D eigenvalue weighted by atomic mass is 10.1. The number of ether oxygens (including phenoxy) is 2. The molecule has 0 aliphatic carbocycles. The van der Waals surface area contributed by atoms with Gasteiger partial charge in [0.05, 0.1) is 7.11 Å². The summed E-state index contributed by atoms with van der Waals surface area (Å²) in [4.78, 5) is 26.9. The number of carbonyl (C=O) groups is 2. The van der Waals surface area contributed by atoms with Crippen LogP contribution < -0.4 is 14.8 Å². The molecule has 0 spiro atoms. The molecule has 6 nitrogen and oxygen atoms in total. The van der Waals surface area contributed by atoms with Crippen LogP contribution >= 0.6 is 0 Å². The summed E-state index contributed by atoms with van der Waals surface area (Å²) in [6.45, 7) is 3.99. The van der Waals surface area contributed by atoms with E-state index in [9.17, 15) is 9.59 Å². The van der Waals surface area contributed by atoms with Crippen LogP contribution in [0.15, 0.2) is 48.5 Å². The number of nitrogens with zero attached hydrogens (tertiary/aromatic N) is 1. The van der Waals surface area contributed by atoms with E-state index in [-0.39, 0.29) is 18.4 Å². The number of amides is 2. The Hall–Kier alpha value is -3.02. The number of likely N-dealkylation sites (N-methyl/N-ethyl adjacent to an activating group) is 1. The van der Waals surface area contributed by atoms with Crippen LogP contribution in [0.2, 0.25) is 0 Å². The van der Waals surface area contributed by atoms with Crippen LogP contribution in [0.1, 0.15) is 24.5 Å². The molecule has 0 saturated carbocycles. The van der Waals surface area contributed by atoms with Crippen molar-refractivity contribution in [3.8, 4) is 11.5 Å². The minimum atomic E-state index is -0.569. The van der Waals surface area contributed by atoms with Gasteiger partial charge in [-0.3, -0.25) is 9.59 Å². The Morgan fingerprint density at radius 2 is 1.79 bits per heavy atom. The second-order valence-electron chi connectivity index (χ2n) is 6.46. The summed E-state index contributed by atoms with van der Waals surface area (Å²) in [5.41, 5.74) is 1.86. The van der Waals surface area contributed by atoms with Crippen molar-refractivity contribution in [2.45, 2.75) is 32.9 Å². The highest BCUT2D eigenvalue weighted by atomic mass is 16.5. The van der Waals surface area contributed by atoms with Gasteiger partial charge in [-0.15, -0.1) is 0 Å². The van der Waals surface area contributed by atoms with Gasteiger partial charge in [0.1, 0.15) is 17.5 Å². The number of nitrogens with one attached hydrogen (secondary N) is 1. The van der Waals surface area contributed by atoms with Crippen molar-refractivity contribution in [3.05, 3.63) is 59.7 Å². The third kappa shape index (κ3) is 5.49. The van der Waals surface area contributed by atoms with Gasteiger partial charge in [0, 0.05) is 13.6 Å². The number of aryl methyl sites for hydroxylation is 1. The van der Waals surface area contributed by atoms with Crippen LogP contribution in [0.5, 0.6) is 11.5 Å². The van der Waals surface area contributed by atoms with Gasteiger partial charge in [-0.05, 0) is 42.7 Å². The number of hydrogen-bond donors (Lipinski definition) is 1. The standard InChI is InChI=1S/C22H28N2O4/c1-5-19(22(26)23-3)24(14-17-10-12-18(27-4)13-11-17)21(25)15-28-20-9-7-6-8-16(20)2/h6-13,19H,5,14-15H2,1-4H3,(H,23,26)/t19-/m1/s1. The van der Waals surface area contributed by atoms with Crippen molar-refractivity contribution in [1.82, 2.24) is 10.2 Å². The molecule has 0 bridgehead atoms. The lowest BCUT2D eigenvalue weighted by molar-refractivity contribution is -0.142. The van der Waals surface area contributed by atoms with Crippen LogP contribution in [0, 0.1) is 6.92 Å². The normalized spacial score (nSPS) is 11.4. The zero-order valence-electron chi connectivity index (χ0n) is 16.9. The Labute approximate surface area is 166 Å². The first-order valence-electron chi connectivity index (χ1n) is 9.32. The first-order valence-corrected chi connectivity index (χ1v) is 9.32. The number of rotatable bonds is 9. The highest BCUT2D eigenvalue weighted by Crippen LogP contribution is 2.18. The van der Waals surface area contributed by atoms with Crippen molar-refractivity contribution < 1.29 is 19.1 Å². The van der Waals surface area contributed by atoms with Crippen molar-refractivity contribution in [2.24, 2.45) is 0 Å². The fourth-order valence-corrected chi connectivity index (χ4v) is 2.95.